The highest BCUT2D eigenvalue weighted by Crippen LogP contribution is 2.35. The molecule has 0 N–H and O–H groups in total. The summed E-state index contributed by atoms with van der Waals surface area (Å²) in [6.45, 7) is 0.184. The van der Waals surface area contributed by atoms with E-state index in [1.807, 2.05) is 35.9 Å². The van der Waals surface area contributed by atoms with E-state index in [1.165, 1.54) is 0 Å². The predicted octanol–water partition coefficient (Wildman–Crippen LogP) is 1.75. The summed E-state index contributed by atoms with van der Waals surface area (Å²) < 4.78 is 7.28. The number of aryl methyl sites for hydroxylation is 1. The first kappa shape index (κ1) is 7.62. The van der Waals surface area contributed by atoms with Gasteiger partial charge in [-0.05, 0) is 12.1 Å². The van der Waals surface area contributed by atoms with Crippen molar-refractivity contribution in [2.24, 2.45) is 7.05 Å². The molecule has 2 heterocycles. The van der Waals surface area contributed by atoms with Gasteiger partial charge in [0, 0.05) is 12.4 Å². The molecule has 1 aliphatic rings. The smallest absolute Gasteiger partial charge is 0.220 e. The summed E-state index contributed by atoms with van der Waals surface area (Å²) in [5.41, 5.74) is 1.75. The van der Waals surface area contributed by atoms with Gasteiger partial charge in [0.05, 0.1) is 5.52 Å². The van der Waals surface area contributed by atoms with Crippen LogP contribution in [-0.2, 0) is 7.05 Å². The Morgan fingerprint density at radius 2 is 2.14 bits per heavy atom. The molecule has 3 rings (SSSR count). The lowest BCUT2D eigenvalue weighted by Gasteiger charge is -1.98. The number of aromatic nitrogens is 1. The topological polar surface area (TPSA) is 31.2 Å². The van der Waals surface area contributed by atoms with E-state index in [2.05, 4.69) is 0 Å². The van der Waals surface area contributed by atoms with Crippen LogP contribution in [0, 0.1) is 0 Å². The summed E-state index contributed by atoms with van der Waals surface area (Å²) in [7, 11) is 1.90. The minimum atomic E-state index is 0.0682. The molecule has 0 aliphatic carbocycles. The van der Waals surface area contributed by atoms with Gasteiger partial charge in [0.2, 0.25) is 5.78 Å². The average molecular weight is 187 g/mol. The fourth-order valence-corrected chi connectivity index (χ4v) is 2.02. The minimum absolute atomic E-state index is 0.0682. The second-order valence-corrected chi connectivity index (χ2v) is 3.47. The van der Waals surface area contributed by atoms with Gasteiger partial charge in [-0.2, -0.15) is 0 Å². The molecule has 0 saturated heterocycles. The summed E-state index contributed by atoms with van der Waals surface area (Å²) in [6, 6.07) is 7.88. The summed E-state index contributed by atoms with van der Waals surface area (Å²) in [5.74, 6) is 0.812. The molecule has 0 saturated carbocycles. The van der Waals surface area contributed by atoms with E-state index in [1.54, 1.807) is 0 Å². The number of fused-ring (bicyclic) bond motifs is 3. The van der Waals surface area contributed by atoms with Crippen LogP contribution in [0.1, 0.15) is 10.5 Å². The highest BCUT2D eigenvalue weighted by Gasteiger charge is 2.28. The van der Waals surface area contributed by atoms with E-state index in [0.717, 1.165) is 16.7 Å². The maximum Gasteiger partial charge on any atom is 0.220 e. The molecule has 14 heavy (non-hydrogen) atoms. The van der Waals surface area contributed by atoms with Crippen molar-refractivity contribution in [3.05, 3.63) is 30.0 Å². The van der Waals surface area contributed by atoms with Gasteiger partial charge < -0.3 is 9.30 Å². The molecule has 3 heteroatoms. The number of Topliss-reactive ketones (excluding diaryl/α,β-unsaturated/α-hetero) is 1. The van der Waals surface area contributed by atoms with Crippen molar-refractivity contribution in [2.75, 3.05) is 6.61 Å². The summed E-state index contributed by atoms with van der Waals surface area (Å²) >= 11 is 0. The van der Waals surface area contributed by atoms with Crippen LogP contribution in [0.5, 0.6) is 5.75 Å². The van der Waals surface area contributed by atoms with Crippen molar-refractivity contribution in [1.29, 1.82) is 0 Å². The zero-order chi connectivity index (χ0) is 9.71. The molecule has 3 nitrogen and oxygen atoms in total. The first-order valence-corrected chi connectivity index (χ1v) is 4.52. The van der Waals surface area contributed by atoms with E-state index < -0.39 is 0 Å². The lowest BCUT2D eigenvalue weighted by atomic mass is 10.2. The molecule has 0 bridgehead atoms. The van der Waals surface area contributed by atoms with Crippen molar-refractivity contribution in [3.63, 3.8) is 0 Å². The zero-order valence-corrected chi connectivity index (χ0v) is 7.78. The van der Waals surface area contributed by atoms with E-state index >= 15 is 0 Å². The van der Waals surface area contributed by atoms with Crippen molar-refractivity contribution < 1.29 is 9.53 Å². The minimum Gasteiger partial charge on any atom is -0.482 e. The number of ketones is 1. The van der Waals surface area contributed by atoms with Crippen molar-refractivity contribution in [3.8, 4) is 5.75 Å². The van der Waals surface area contributed by atoms with Gasteiger partial charge in [0.15, 0.2) is 12.4 Å². The predicted molar refractivity (Wildman–Crippen MR) is 52.7 cm³/mol. The van der Waals surface area contributed by atoms with Crippen molar-refractivity contribution in [1.82, 2.24) is 4.57 Å². The third kappa shape index (κ3) is 0.744. The average Bonchev–Trinajstić information content (AvgIpc) is 2.70. The van der Waals surface area contributed by atoms with Crippen LogP contribution in [-0.4, -0.2) is 17.0 Å². The summed E-state index contributed by atoms with van der Waals surface area (Å²) in [5, 5.41) is 1.02. The highest BCUT2D eigenvalue weighted by molar-refractivity contribution is 6.08. The molecular weight excluding hydrogens is 178 g/mol. The third-order valence-corrected chi connectivity index (χ3v) is 2.67. The van der Waals surface area contributed by atoms with Gasteiger partial charge in [-0.3, -0.25) is 4.79 Å². The number of hydrogen-bond donors (Lipinski definition) is 0. The normalized spacial score (nSPS) is 14.5. The third-order valence-electron chi connectivity index (χ3n) is 2.67. The van der Waals surface area contributed by atoms with Gasteiger partial charge >= 0.3 is 0 Å². The first-order chi connectivity index (χ1) is 6.79. The van der Waals surface area contributed by atoms with Crippen molar-refractivity contribution in [2.45, 2.75) is 0 Å². The Balaban J connectivity index is 2.51. The summed E-state index contributed by atoms with van der Waals surface area (Å²) in [6.07, 6.45) is 0. The number of nitrogens with zero attached hydrogens (tertiary/aromatic N) is 1. The second-order valence-electron chi connectivity index (χ2n) is 3.47. The van der Waals surface area contributed by atoms with Gasteiger partial charge in [-0.25, -0.2) is 0 Å². The number of benzene rings is 1. The van der Waals surface area contributed by atoms with E-state index in [4.69, 9.17) is 4.74 Å². The molecule has 0 atom stereocenters. The maximum atomic E-state index is 11.5. The fourth-order valence-electron chi connectivity index (χ4n) is 2.02. The molecule has 0 unspecified atom stereocenters. The largest absolute Gasteiger partial charge is 0.482 e. The Morgan fingerprint density at radius 1 is 1.36 bits per heavy atom. The number of carbonyl (C=O) groups is 1. The molecule has 0 fully saturated rings. The Kier molecular flexibility index (Phi) is 1.29. The molecule has 0 radical (unpaired) electrons. The number of rotatable bonds is 0. The van der Waals surface area contributed by atoms with Crippen LogP contribution in [0.2, 0.25) is 0 Å². The fraction of sp³-hybridized carbons (Fsp3) is 0.182. The molecule has 70 valence electrons. The van der Waals surface area contributed by atoms with Crippen LogP contribution in [0.3, 0.4) is 0 Å². The Morgan fingerprint density at radius 3 is 3.00 bits per heavy atom. The van der Waals surface area contributed by atoms with Gasteiger partial charge in [-0.1, -0.05) is 12.1 Å². The number of hydrogen-bond acceptors (Lipinski definition) is 2. The standard InChI is InChI=1S/C11H9NO2/c1-12-8-5-3-2-4-7(8)11-10(12)9(13)6-14-11/h2-5H,6H2,1H3. The van der Waals surface area contributed by atoms with Gasteiger partial charge in [0.25, 0.3) is 0 Å². The Hall–Kier alpha value is -1.77. The molecule has 0 spiro atoms. The van der Waals surface area contributed by atoms with E-state index in [-0.39, 0.29) is 12.4 Å². The molecule has 0 amide bonds. The molecule has 1 aliphatic heterocycles. The maximum absolute atomic E-state index is 11.5. The molecule has 1 aromatic heterocycles. The highest BCUT2D eigenvalue weighted by atomic mass is 16.5. The Bertz CT molecular complexity index is 539. The second kappa shape index (κ2) is 2.38. The van der Waals surface area contributed by atoms with Crippen molar-refractivity contribution >= 4 is 16.7 Å². The molecule has 2 aromatic rings. The van der Waals surface area contributed by atoms with Crippen LogP contribution in [0.4, 0.5) is 0 Å². The first-order valence-electron chi connectivity index (χ1n) is 4.52. The number of para-hydroxylation sites is 1. The van der Waals surface area contributed by atoms with E-state index in [0.29, 0.717) is 5.69 Å². The Labute approximate surface area is 80.9 Å². The van der Waals surface area contributed by atoms with Gasteiger partial charge in [-0.15, -0.1) is 0 Å². The SMILES string of the molecule is Cn1c2c(c3ccccc31)OCC2=O. The lowest BCUT2D eigenvalue weighted by molar-refractivity contribution is 0.0955. The van der Waals surface area contributed by atoms with E-state index in [9.17, 15) is 4.79 Å². The molecule has 1 aromatic carbocycles. The zero-order valence-electron chi connectivity index (χ0n) is 7.78. The number of ether oxygens (including phenoxy) is 1. The molecular formula is C11H9NO2. The van der Waals surface area contributed by atoms with Crippen LogP contribution in [0.15, 0.2) is 24.3 Å². The van der Waals surface area contributed by atoms with Crippen LogP contribution >= 0.6 is 0 Å². The van der Waals surface area contributed by atoms with Gasteiger partial charge in [0.1, 0.15) is 5.69 Å². The number of carbonyl (C=O) groups excluding carboxylic acids is 1. The van der Waals surface area contributed by atoms with Crippen LogP contribution in [0.25, 0.3) is 10.9 Å². The summed E-state index contributed by atoms with van der Waals surface area (Å²) in [4.78, 5) is 11.5. The lowest BCUT2D eigenvalue weighted by Crippen LogP contribution is -2.05. The quantitative estimate of drug-likeness (QED) is 0.629. The van der Waals surface area contributed by atoms with Crippen LogP contribution < -0.4 is 4.74 Å². The monoisotopic (exact) mass is 187 g/mol.